The molecule has 1 fully saturated rings. The third kappa shape index (κ3) is 4.98. The predicted molar refractivity (Wildman–Crippen MR) is 75.3 cm³/mol. The largest absolute Gasteiger partial charge is 0.385 e. The maximum Gasteiger partial charge on any atom is 0.244 e. The van der Waals surface area contributed by atoms with Crippen LogP contribution in [0.15, 0.2) is 6.20 Å². The average molecular weight is 265 g/mol. The van der Waals surface area contributed by atoms with Gasteiger partial charge in [-0.25, -0.2) is 0 Å². The molecule has 1 aromatic rings. The van der Waals surface area contributed by atoms with Gasteiger partial charge in [0.25, 0.3) is 0 Å². The fourth-order valence-electron chi connectivity index (χ4n) is 2.31. The quantitative estimate of drug-likeness (QED) is 0.735. The minimum Gasteiger partial charge on any atom is -0.385 e. The standard InChI is InChI=1S/C13H23N5O/c1-19-9-5-8-14-12-10-15-18-13(17-12)16-11-6-3-2-4-7-11/h10-11H,2-9H2,1H3,(H2,14,16,17,18). The van der Waals surface area contributed by atoms with E-state index in [2.05, 4.69) is 25.8 Å². The molecule has 1 saturated carbocycles. The fourth-order valence-corrected chi connectivity index (χ4v) is 2.31. The van der Waals surface area contributed by atoms with Gasteiger partial charge in [-0.3, -0.25) is 0 Å². The lowest BCUT2D eigenvalue weighted by atomic mass is 9.96. The molecule has 0 unspecified atom stereocenters. The molecule has 0 aromatic carbocycles. The molecule has 1 aromatic heterocycles. The molecule has 1 aliphatic rings. The topological polar surface area (TPSA) is 72.0 Å². The average Bonchev–Trinajstić information content (AvgIpc) is 2.45. The van der Waals surface area contributed by atoms with Crippen molar-refractivity contribution in [2.24, 2.45) is 0 Å². The first kappa shape index (κ1) is 14.0. The van der Waals surface area contributed by atoms with Crippen LogP contribution < -0.4 is 10.6 Å². The van der Waals surface area contributed by atoms with Gasteiger partial charge in [-0.15, -0.1) is 5.10 Å². The van der Waals surface area contributed by atoms with Gasteiger partial charge >= 0.3 is 0 Å². The number of hydrogen-bond acceptors (Lipinski definition) is 6. The molecule has 0 atom stereocenters. The Morgan fingerprint density at radius 3 is 2.95 bits per heavy atom. The van der Waals surface area contributed by atoms with Crippen molar-refractivity contribution >= 4 is 11.8 Å². The maximum absolute atomic E-state index is 5.00. The van der Waals surface area contributed by atoms with Crippen molar-refractivity contribution in [2.75, 3.05) is 30.9 Å². The van der Waals surface area contributed by atoms with Crippen LogP contribution in [0.3, 0.4) is 0 Å². The van der Waals surface area contributed by atoms with Gasteiger partial charge < -0.3 is 15.4 Å². The Balaban J connectivity index is 1.80. The summed E-state index contributed by atoms with van der Waals surface area (Å²) in [5.74, 6) is 1.40. The lowest BCUT2D eigenvalue weighted by Crippen LogP contribution is -2.24. The monoisotopic (exact) mass is 265 g/mol. The molecule has 0 radical (unpaired) electrons. The summed E-state index contributed by atoms with van der Waals surface area (Å²) < 4.78 is 5.00. The van der Waals surface area contributed by atoms with E-state index in [0.717, 1.165) is 25.4 Å². The lowest BCUT2D eigenvalue weighted by Gasteiger charge is -2.22. The highest BCUT2D eigenvalue weighted by atomic mass is 16.5. The van der Waals surface area contributed by atoms with Gasteiger partial charge in [-0.1, -0.05) is 19.3 Å². The molecule has 1 aliphatic carbocycles. The van der Waals surface area contributed by atoms with E-state index in [1.54, 1.807) is 13.3 Å². The molecule has 0 spiro atoms. The van der Waals surface area contributed by atoms with Crippen LogP contribution in [0.25, 0.3) is 0 Å². The zero-order valence-corrected chi connectivity index (χ0v) is 11.6. The molecular formula is C13H23N5O. The maximum atomic E-state index is 5.00. The summed E-state index contributed by atoms with van der Waals surface area (Å²) in [5.41, 5.74) is 0. The Morgan fingerprint density at radius 2 is 2.16 bits per heavy atom. The van der Waals surface area contributed by atoms with Gasteiger partial charge in [-0.2, -0.15) is 10.1 Å². The van der Waals surface area contributed by atoms with Crippen molar-refractivity contribution in [2.45, 2.75) is 44.6 Å². The number of nitrogens with one attached hydrogen (secondary N) is 2. The van der Waals surface area contributed by atoms with Gasteiger partial charge in [0.2, 0.25) is 5.95 Å². The molecule has 0 saturated heterocycles. The van der Waals surface area contributed by atoms with Crippen molar-refractivity contribution in [1.29, 1.82) is 0 Å². The Bertz CT molecular complexity index is 368. The van der Waals surface area contributed by atoms with Crippen LogP contribution in [0, 0.1) is 0 Å². The van der Waals surface area contributed by atoms with Crippen LogP contribution in [-0.4, -0.2) is 41.5 Å². The molecule has 6 heteroatoms. The van der Waals surface area contributed by atoms with Crippen LogP contribution in [0.4, 0.5) is 11.8 Å². The van der Waals surface area contributed by atoms with E-state index in [1.807, 2.05) is 0 Å². The first-order valence-corrected chi connectivity index (χ1v) is 7.07. The Morgan fingerprint density at radius 1 is 1.32 bits per heavy atom. The zero-order valence-electron chi connectivity index (χ0n) is 11.6. The van der Waals surface area contributed by atoms with Crippen molar-refractivity contribution in [3.8, 4) is 0 Å². The Kier molecular flexibility index (Phi) is 5.81. The summed E-state index contributed by atoms with van der Waals surface area (Å²) in [4.78, 5) is 4.43. The van der Waals surface area contributed by atoms with Crippen LogP contribution in [-0.2, 0) is 4.74 Å². The van der Waals surface area contributed by atoms with E-state index in [-0.39, 0.29) is 0 Å². The van der Waals surface area contributed by atoms with E-state index in [1.165, 1.54) is 32.1 Å². The summed E-state index contributed by atoms with van der Waals surface area (Å²) in [7, 11) is 1.71. The zero-order chi connectivity index (χ0) is 13.3. The highest BCUT2D eigenvalue weighted by molar-refractivity contribution is 5.37. The van der Waals surface area contributed by atoms with Crippen molar-refractivity contribution < 1.29 is 4.74 Å². The first-order chi connectivity index (χ1) is 9.38. The molecule has 0 amide bonds. The predicted octanol–water partition coefficient (Wildman–Crippen LogP) is 2.06. The molecule has 0 aliphatic heterocycles. The summed E-state index contributed by atoms with van der Waals surface area (Å²) in [6, 6.07) is 0.499. The summed E-state index contributed by atoms with van der Waals surface area (Å²) >= 11 is 0. The van der Waals surface area contributed by atoms with Gasteiger partial charge in [0, 0.05) is 26.3 Å². The van der Waals surface area contributed by atoms with Gasteiger partial charge in [0.05, 0.1) is 6.20 Å². The van der Waals surface area contributed by atoms with Crippen molar-refractivity contribution in [3.63, 3.8) is 0 Å². The Hall–Kier alpha value is -1.43. The van der Waals surface area contributed by atoms with E-state index in [0.29, 0.717) is 12.0 Å². The minimum absolute atomic E-state index is 0.499. The van der Waals surface area contributed by atoms with E-state index in [9.17, 15) is 0 Å². The van der Waals surface area contributed by atoms with E-state index >= 15 is 0 Å². The van der Waals surface area contributed by atoms with Gasteiger partial charge in [0.15, 0.2) is 5.82 Å². The fraction of sp³-hybridized carbons (Fsp3) is 0.769. The molecule has 2 rings (SSSR count). The molecule has 106 valence electrons. The number of aromatic nitrogens is 3. The first-order valence-electron chi connectivity index (χ1n) is 7.07. The number of rotatable bonds is 7. The smallest absolute Gasteiger partial charge is 0.244 e. The van der Waals surface area contributed by atoms with Gasteiger partial charge in [0.1, 0.15) is 0 Å². The van der Waals surface area contributed by atoms with Crippen molar-refractivity contribution in [3.05, 3.63) is 6.20 Å². The second-order valence-corrected chi connectivity index (χ2v) is 4.92. The molecule has 6 nitrogen and oxygen atoms in total. The summed E-state index contributed by atoms with van der Waals surface area (Å²) in [6.45, 7) is 1.58. The number of ether oxygens (including phenoxy) is 1. The highest BCUT2D eigenvalue weighted by Crippen LogP contribution is 2.20. The summed E-state index contributed by atoms with van der Waals surface area (Å²) in [5, 5.41) is 14.6. The minimum atomic E-state index is 0.499. The second-order valence-electron chi connectivity index (χ2n) is 4.92. The van der Waals surface area contributed by atoms with Crippen LogP contribution in [0.1, 0.15) is 38.5 Å². The molecule has 2 N–H and O–H groups in total. The van der Waals surface area contributed by atoms with E-state index in [4.69, 9.17) is 4.74 Å². The van der Waals surface area contributed by atoms with Crippen LogP contribution in [0.2, 0.25) is 0 Å². The van der Waals surface area contributed by atoms with Crippen molar-refractivity contribution in [1.82, 2.24) is 15.2 Å². The number of anilines is 2. The third-order valence-electron chi connectivity index (χ3n) is 3.33. The third-order valence-corrected chi connectivity index (χ3v) is 3.33. The summed E-state index contributed by atoms with van der Waals surface area (Å²) in [6.07, 6.45) is 8.94. The van der Waals surface area contributed by atoms with Gasteiger partial charge in [-0.05, 0) is 19.3 Å². The van der Waals surface area contributed by atoms with E-state index < -0.39 is 0 Å². The molecule has 1 heterocycles. The van der Waals surface area contributed by atoms with Crippen LogP contribution in [0.5, 0.6) is 0 Å². The molecular weight excluding hydrogens is 242 g/mol. The SMILES string of the molecule is COCCCNc1cnnc(NC2CCCCC2)n1. The number of methoxy groups -OCH3 is 1. The lowest BCUT2D eigenvalue weighted by molar-refractivity contribution is 0.197. The highest BCUT2D eigenvalue weighted by Gasteiger charge is 2.14. The molecule has 19 heavy (non-hydrogen) atoms. The number of nitrogens with zero attached hydrogens (tertiary/aromatic N) is 3. The molecule has 0 bridgehead atoms. The van der Waals surface area contributed by atoms with Crippen LogP contribution >= 0.6 is 0 Å². The Labute approximate surface area is 114 Å². The second kappa shape index (κ2) is 7.89. The number of hydrogen-bond donors (Lipinski definition) is 2. The normalized spacial score (nSPS) is 16.3.